The first-order valence-electron chi connectivity index (χ1n) is 10.7. The van der Waals surface area contributed by atoms with E-state index in [2.05, 4.69) is 10.6 Å². The summed E-state index contributed by atoms with van der Waals surface area (Å²) in [6.45, 7) is 7.57. The SMILES string of the molecule is Cc1ccc(NC(=O)COC(=O)CCC(=O)Nc2cccc(C(=O)OCC(C)C)c2)c(C)c1. The van der Waals surface area contributed by atoms with E-state index < -0.39 is 30.4 Å². The largest absolute Gasteiger partial charge is 0.462 e. The average Bonchev–Trinajstić information content (AvgIpc) is 2.76. The average molecular weight is 455 g/mol. The highest BCUT2D eigenvalue weighted by atomic mass is 16.5. The molecule has 0 bridgehead atoms. The summed E-state index contributed by atoms with van der Waals surface area (Å²) < 4.78 is 10.1. The smallest absolute Gasteiger partial charge is 0.338 e. The summed E-state index contributed by atoms with van der Waals surface area (Å²) in [5.74, 6) is -1.79. The Morgan fingerprint density at radius 3 is 2.33 bits per heavy atom. The van der Waals surface area contributed by atoms with Crippen molar-refractivity contribution in [3.63, 3.8) is 0 Å². The van der Waals surface area contributed by atoms with Crippen molar-refractivity contribution < 1.29 is 28.7 Å². The van der Waals surface area contributed by atoms with Crippen molar-refractivity contribution in [3.05, 3.63) is 59.2 Å². The maximum atomic E-state index is 12.1. The third kappa shape index (κ3) is 9.14. The first-order chi connectivity index (χ1) is 15.6. The van der Waals surface area contributed by atoms with Crippen LogP contribution in [0.3, 0.4) is 0 Å². The van der Waals surface area contributed by atoms with Gasteiger partial charge in [-0.25, -0.2) is 4.79 Å². The van der Waals surface area contributed by atoms with Crippen LogP contribution in [-0.2, 0) is 23.9 Å². The van der Waals surface area contributed by atoms with Crippen LogP contribution in [0.5, 0.6) is 0 Å². The van der Waals surface area contributed by atoms with Crippen LogP contribution in [0.15, 0.2) is 42.5 Å². The molecule has 0 atom stereocenters. The molecule has 0 saturated carbocycles. The van der Waals surface area contributed by atoms with Crippen molar-refractivity contribution in [1.29, 1.82) is 0 Å². The standard InChI is InChI=1S/C25H30N2O6/c1-16(2)14-33-25(31)19-6-5-7-20(13-19)26-22(28)10-11-24(30)32-15-23(29)27-21-9-8-17(3)12-18(21)4/h5-9,12-13,16H,10-11,14-15H2,1-4H3,(H,26,28)(H,27,29). The molecule has 8 nitrogen and oxygen atoms in total. The third-order valence-corrected chi connectivity index (χ3v) is 4.51. The number of carbonyl (C=O) groups excluding carboxylic acids is 4. The normalized spacial score (nSPS) is 10.5. The van der Waals surface area contributed by atoms with Crippen molar-refractivity contribution >= 4 is 35.1 Å². The minimum atomic E-state index is -0.660. The first-order valence-corrected chi connectivity index (χ1v) is 10.7. The maximum Gasteiger partial charge on any atom is 0.338 e. The summed E-state index contributed by atoms with van der Waals surface area (Å²) in [6, 6.07) is 12.0. The second-order valence-corrected chi connectivity index (χ2v) is 8.15. The molecule has 0 aliphatic heterocycles. The summed E-state index contributed by atoms with van der Waals surface area (Å²) in [5, 5.41) is 5.32. The van der Waals surface area contributed by atoms with Gasteiger partial charge in [-0.05, 0) is 49.6 Å². The van der Waals surface area contributed by atoms with E-state index in [1.165, 1.54) is 6.07 Å². The molecule has 176 valence electrons. The van der Waals surface area contributed by atoms with Gasteiger partial charge in [-0.15, -0.1) is 0 Å². The van der Waals surface area contributed by atoms with Gasteiger partial charge >= 0.3 is 11.9 Å². The predicted molar refractivity (Wildman–Crippen MR) is 125 cm³/mol. The van der Waals surface area contributed by atoms with E-state index in [0.717, 1.165) is 11.1 Å². The molecule has 2 rings (SSSR count). The van der Waals surface area contributed by atoms with Gasteiger partial charge in [0.2, 0.25) is 5.91 Å². The van der Waals surface area contributed by atoms with Crippen LogP contribution in [0.4, 0.5) is 11.4 Å². The lowest BCUT2D eigenvalue weighted by Gasteiger charge is -2.10. The van der Waals surface area contributed by atoms with Crippen LogP contribution in [-0.4, -0.2) is 37.0 Å². The molecule has 0 spiro atoms. The van der Waals surface area contributed by atoms with Crippen LogP contribution in [0, 0.1) is 19.8 Å². The van der Waals surface area contributed by atoms with Gasteiger partial charge in [0.1, 0.15) is 0 Å². The number of hydrogen-bond donors (Lipinski definition) is 2. The Morgan fingerprint density at radius 1 is 0.879 bits per heavy atom. The molecule has 0 aliphatic carbocycles. The predicted octanol–water partition coefficient (Wildman–Crippen LogP) is 4.02. The molecular weight excluding hydrogens is 424 g/mol. The van der Waals surface area contributed by atoms with Crippen LogP contribution in [0.1, 0.15) is 48.2 Å². The summed E-state index contributed by atoms with van der Waals surface area (Å²) in [4.78, 5) is 48.1. The minimum Gasteiger partial charge on any atom is -0.462 e. The van der Waals surface area contributed by atoms with Gasteiger partial charge in [0, 0.05) is 17.8 Å². The summed E-state index contributed by atoms with van der Waals surface area (Å²) in [6.07, 6.45) is -0.307. The van der Waals surface area contributed by atoms with Gasteiger partial charge in [-0.1, -0.05) is 37.6 Å². The maximum absolute atomic E-state index is 12.1. The van der Waals surface area contributed by atoms with E-state index in [1.54, 1.807) is 24.3 Å². The van der Waals surface area contributed by atoms with Crippen molar-refractivity contribution in [3.8, 4) is 0 Å². The second kappa shape index (κ2) is 12.4. The molecule has 0 aliphatic rings. The molecule has 8 heteroatoms. The Balaban J connectivity index is 1.74. The van der Waals surface area contributed by atoms with Crippen molar-refractivity contribution in [2.45, 2.75) is 40.5 Å². The molecule has 2 amide bonds. The highest BCUT2D eigenvalue weighted by molar-refractivity contribution is 5.96. The number of ether oxygens (including phenoxy) is 2. The quantitative estimate of drug-likeness (QED) is 0.525. The highest BCUT2D eigenvalue weighted by Crippen LogP contribution is 2.16. The molecule has 0 saturated heterocycles. The Kier molecular flexibility index (Phi) is 9.60. The Morgan fingerprint density at radius 2 is 1.64 bits per heavy atom. The lowest BCUT2D eigenvalue weighted by molar-refractivity contribution is -0.147. The van der Waals surface area contributed by atoms with E-state index in [0.29, 0.717) is 23.5 Å². The first kappa shape index (κ1) is 25.6. The van der Waals surface area contributed by atoms with Gasteiger partial charge in [0.15, 0.2) is 6.61 Å². The van der Waals surface area contributed by atoms with Crippen LogP contribution in [0.25, 0.3) is 0 Å². The highest BCUT2D eigenvalue weighted by Gasteiger charge is 2.13. The second-order valence-electron chi connectivity index (χ2n) is 8.15. The van der Waals surface area contributed by atoms with Crippen molar-refractivity contribution in [1.82, 2.24) is 0 Å². The van der Waals surface area contributed by atoms with E-state index >= 15 is 0 Å². The molecule has 33 heavy (non-hydrogen) atoms. The molecular formula is C25H30N2O6. The van der Waals surface area contributed by atoms with Crippen molar-refractivity contribution in [2.75, 3.05) is 23.8 Å². The van der Waals surface area contributed by atoms with E-state index in [9.17, 15) is 19.2 Å². The van der Waals surface area contributed by atoms with Gasteiger partial charge in [0.05, 0.1) is 18.6 Å². The number of carbonyl (C=O) groups is 4. The fourth-order valence-electron chi connectivity index (χ4n) is 2.85. The molecule has 0 unspecified atom stereocenters. The molecule has 2 aromatic carbocycles. The lowest BCUT2D eigenvalue weighted by Crippen LogP contribution is -2.22. The molecule has 0 heterocycles. The Bertz CT molecular complexity index is 1020. The van der Waals surface area contributed by atoms with E-state index in [1.807, 2.05) is 39.8 Å². The number of anilines is 2. The summed E-state index contributed by atoms with van der Waals surface area (Å²) in [7, 11) is 0. The van der Waals surface area contributed by atoms with Crippen LogP contribution in [0.2, 0.25) is 0 Å². The summed E-state index contributed by atoms with van der Waals surface area (Å²) in [5.41, 5.74) is 3.37. The number of nitrogens with one attached hydrogen (secondary N) is 2. The van der Waals surface area contributed by atoms with Gasteiger partial charge < -0.3 is 20.1 Å². The summed E-state index contributed by atoms with van der Waals surface area (Å²) >= 11 is 0. The minimum absolute atomic E-state index is 0.125. The third-order valence-electron chi connectivity index (χ3n) is 4.51. The Hall–Kier alpha value is -3.68. The zero-order valence-electron chi connectivity index (χ0n) is 19.4. The number of rotatable bonds is 10. The molecule has 0 aromatic heterocycles. The zero-order chi connectivity index (χ0) is 24.4. The number of aryl methyl sites for hydroxylation is 2. The van der Waals surface area contributed by atoms with Crippen LogP contribution >= 0.6 is 0 Å². The molecule has 0 fully saturated rings. The van der Waals surface area contributed by atoms with Gasteiger partial charge in [-0.2, -0.15) is 0 Å². The van der Waals surface area contributed by atoms with Crippen LogP contribution < -0.4 is 10.6 Å². The molecule has 2 N–H and O–H groups in total. The number of hydrogen-bond acceptors (Lipinski definition) is 6. The van der Waals surface area contributed by atoms with E-state index in [-0.39, 0.29) is 18.8 Å². The molecule has 0 radical (unpaired) electrons. The number of amides is 2. The number of esters is 2. The van der Waals surface area contributed by atoms with Gasteiger partial charge in [-0.3, -0.25) is 14.4 Å². The monoisotopic (exact) mass is 454 g/mol. The van der Waals surface area contributed by atoms with E-state index in [4.69, 9.17) is 9.47 Å². The fourth-order valence-corrected chi connectivity index (χ4v) is 2.85. The Labute approximate surface area is 193 Å². The van der Waals surface area contributed by atoms with Gasteiger partial charge in [0.25, 0.3) is 5.91 Å². The number of benzene rings is 2. The van der Waals surface area contributed by atoms with Crippen molar-refractivity contribution in [2.24, 2.45) is 5.92 Å². The molecule has 2 aromatic rings. The fraction of sp³-hybridized carbons (Fsp3) is 0.360. The lowest BCUT2D eigenvalue weighted by atomic mass is 10.1. The topological polar surface area (TPSA) is 111 Å². The zero-order valence-corrected chi connectivity index (χ0v) is 19.4.